The Morgan fingerprint density at radius 3 is 2.62 bits per heavy atom. The second-order valence-corrected chi connectivity index (χ2v) is 8.85. The maximum atomic E-state index is 12.0. The van der Waals surface area contributed by atoms with Crippen LogP contribution in [0.15, 0.2) is 16.6 Å². The molecular weight excluding hydrogens is 372 g/mol. The van der Waals surface area contributed by atoms with Crippen molar-refractivity contribution in [2.45, 2.75) is 51.3 Å². The van der Waals surface area contributed by atoms with E-state index < -0.39 is 11.8 Å². The first kappa shape index (κ1) is 17.5. The van der Waals surface area contributed by atoms with Crippen molar-refractivity contribution < 1.29 is 14.3 Å². The maximum Gasteiger partial charge on any atom is 0.514 e. The summed E-state index contributed by atoms with van der Waals surface area (Å²) in [6, 6.07) is 3.82. The number of nitrogens with zero attached hydrogens (tertiary/aromatic N) is 2. The van der Waals surface area contributed by atoms with Crippen molar-refractivity contribution in [3.63, 3.8) is 0 Å². The van der Waals surface area contributed by atoms with Crippen molar-refractivity contribution in [3.05, 3.63) is 22.2 Å². The third-order valence-corrected chi connectivity index (χ3v) is 5.54. The van der Waals surface area contributed by atoms with Crippen LogP contribution >= 0.6 is 15.9 Å². The summed E-state index contributed by atoms with van der Waals surface area (Å²) in [6.07, 6.45) is 0.722. The lowest BCUT2D eigenvalue weighted by Crippen LogP contribution is -2.45. The number of likely N-dealkylation sites (tertiary alicyclic amines) is 1. The second kappa shape index (κ2) is 5.63. The number of carbonyl (C=O) groups is 1. The predicted octanol–water partition coefficient (Wildman–Crippen LogP) is 4.13. The van der Waals surface area contributed by atoms with Crippen molar-refractivity contribution in [1.82, 2.24) is 4.90 Å². The van der Waals surface area contributed by atoms with Gasteiger partial charge in [-0.05, 0) is 67.9 Å². The standard InChI is InChI=1S/C18H25BrN2O3/c1-17(2,3)24-16(22)23-11-9-12-14(13(19)10-11)21(6)15-18(12,4)7-8-20(15)5/h9-10,15H,7-8H2,1-6H3/t15-,18+/m0/s1. The van der Waals surface area contributed by atoms with Crippen LogP contribution in [0.2, 0.25) is 0 Å². The van der Waals surface area contributed by atoms with Crippen LogP contribution < -0.4 is 9.64 Å². The fourth-order valence-electron chi connectivity index (χ4n) is 4.06. The number of hydrogen-bond acceptors (Lipinski definition) is 5. The summed E-state index contributed by atoms with van der Waals surface area (Å²) in [5.41, 5.74) is 1.84. The van der Waals surface area contributed by atoms with Gasteiger partial charge < -0.3 is 14.4 Å². The highest BCUT2D eigenvalue weighted by Crippen LogP contribution is 2.54. The normalized spacial score (nSPS) is 26.3. The van der Waals surface area contributed by atoms with E-state index in [-0.39, 0.29) is 5.41 Å². The van der Waals surface area contributed by atoms with E-state index in [4.69, 9.17) is 9.47 Å². The van der Waals surface area contributed by atoms with Gasteiger partial charge in [0, 0.05) is 23.5 Å². The first-order valence-corrected chi connectivity index (χ1v) is 9.00. The van der Waals surface area contributed by atoms with Gasteiger partial charge in [-0.1, -0.05) is 6.92 Å². The predicted molar refractivity (Wildman–Crippen MR) is 97.8 cm³/mol. The molecule has 5 nitrogen and oxygen atoms in total. The van der Waals surface area contributed by atoms with E-state index >= 15 is 0 Å². The number of rotatable bonds is 1. The lowest BCUT2D eigenvalue weighted by Gasteiger charge is -2.32. The number of carbonyl (C=O) groups excluding carboxylic acids is 1. The van der Waals surface area contributed by atoms with E-state index in [1.165, 1.54) is 11.3 Å². The molecule has 6 heteroatoms. The smallest absolute Gasteiger partial charge is 0.428 e. The van der Waals surface area contributed by atoms with Crippen molar-refractivity contribution in [2.75, 3.05) is 25.5 Å². The maximum absolute atomic E-state index is 12.0. The average Bonchev–Trinajstić information content (AvgIpc) is 2.82. The number of benzene rings is 1. The molecule has 0 spiro atoms. The van der Waals surface area contributed by atoms with Crippen molar-refractivity contribution in [3.8, 4) is 5.75 Å². The Morgan fingerprint density at radius 2 is 2.00 bits per heavy atom. The summed E-state index contributed by atoms with van der Waals surface area (Å²) < 4.78 is 11.6. The quantitative estimate of drug-likeness (QED) is 0.527. The summed E-state index contributed by atoms with van der Waals surface area (Å²) in [6.45, 7) is 8.80. The molecule has 132 valence electrons. The molecule has 0 unspecified atom stereocenters. The minimum atomic E-state index is -0.675. The number of halogens is 1. The lowest BCUT2D eigenvalue weighted by atomic mass is 9.81. The third kappa shape index (κ3) is 2.80. The Hall–Kier alpha value is -1.27. The summed E-state index contributed by atoms with van der Waals surface area (Å²) in [4.78, 5) is 16.7. The molecule has 1 aromatic carbocycles. The van der Waals surface area contributed by atoms with Gasteiger partial charge in [0.25, 0.3) is 0 Å². The third-order valence-electron chi connectivity index (χ3n) is 4.93. The molecule has 1 aromatic rings. The first-order valence-electron chi connectivity index (χ1n) is 8.21. The van der Waals surface area contributed by atoms with Gasteiger partial charge in [-0.2, -0.15) is 0 Å². The van der Waals surface area contributed by atoms with E-state index in [1.807, 2.05) is 32.9 Å². The largest absolute Gasteiger partial charge is 0.514 e. The summed E-state index contributed by atoms with van der Waals surface area (Å²) in [5.74, 6) is 0.514. The van der Waals surface area contributed by atoms with Gasteiger partial charge >= 0.3 is 6.16 Å². The van der Waals surface area contributed by atoms with Crippen LogP contribution in [0.5, 0.6) is 5.75 Å². The van der Waals surface area contributed by atoms with Crippen LogP contribution in [0.3, 0.4) is 0 Å². The molecule has 2 heterocycles. The molecule has 0 aliphatic carbocycles. The molecule has 0 saturated carbocycles. The van der Waals surface area contributed by atoms with E-state index in [1.54, 1.807) is 0 Å². The van der Waals surface area contributed by atoms with Crippen LogP contribution in [-0.4, -0.2) is 43.5 Å². The Bertz CT molecular complexity index is 686. The highest BCUT2D eigenvalue weighted by Gasteiger charge is 2.53. The topological polar surface area (TPSA) is 42.0 Å². The summed E-state index contributed by atoms with van der Waals surface area (Å²) in [7, 11) is 4.28. The first-order chi connectivity index (χ1) is 11.0. The van der Waals surface area contributed by atoms with Crippen molar-refractivity contribution in [2.24, 2.45) is 0 Å². The Kier molecular flexibility index (Phi) is 4.12. The van der Waals surface area contributed by atoms with Gasteiger partial charge in [0.2, 0.25) is 0 Å². The molecular formula is C18H25BrN2O3. The van der Waals surface area contributed by atoms with Gasteiger partial charge in [-0.25, -0.2) is 4.79 Å². The Balaban J connectivity index is 1.94. The number of anilines is 1. The summed E-state index contributed by atoms with van der Waals surface area (Å²) in [5, 5.41) is 0. The van der Waals surface area contributed by atoms with Crippen molar-refractivity contribution in [1.29, 1.82) is 0 Å². The fourth-order valence-corrected chi connectivity index (χ4v) is 4.78. The van der Waals surface area contributed by atoms with Gasteiger partial charge in [0.05, 0.1) is 11.9 Å². The molecule has 0 amide bonds. The average molecular weight is 397 g/mol. The van der Waals surface area contributed by atoms with Crippen LogP contribution in [-0.2, 0) is 10.2 Å². The molecule has 0 N–H and O–H groups in total. The molecule has 0 radical (unpaired) electrons. The molecule has 3 rings (SSSR count). The highest BCUT2D eigenvalue weighted by molar-refractivity contribution is 9.10. The van der Waals surface area contributed by atoms with E-state index in [9.17, 15) is 4.79 Å². The molecule has 24 heavy (non-hydrogen) atoms. The molecule has 2 aliphatic heterocycles. The van der Waals surface area contributed by atoms with E-state index in [0.29, 0.717) is 11.9 Å². The zero-order chi connectivity index (χ0) is 17.9. The zero-order valence-corrected chi connectivity index (χ0v) is 16.7. The van der Waals surface area contributed by atoms with Gasteiger partial charge in [-0.3, -0.25) is 4.90 Å². The summed E-state index contributed by atoms with van der Waals surface area (Å²) >= 11 is 3.65. The second-order valence-electron chi connectivity index (χ2n) is 8.00. The zero-order valence-electron chi connectivity index (χ0n) is 15.1. The molecule has 1 fully saturated rings. The molecule has 0 aromatic heterocycles. The van der Waals surface area contributed by atoms with Gasteiger partial charge in [0.15, 0.2) is 0 Å². The lowest BCUT2D eigenvalue weighted by molar-refractivity contribution is 0.0206. The number of hydrogen-bond donors (Lipinski definition) is 0. The van der Waals surface area contributed by atoms with Gasteiger partial charge in [0.1, 0.15) is 11.4 Å². The molecule has 2 aliphatic rings. The monoisotopic (exact) mass is 396 g/mol. The fraction of sp³-hybridized carbons (Fsp3) is 0.611. The Morgan fingerprint density at radius 1 is 1.33 bits per heavy atom. The highest BCUT2D eigenvalue weighted by atomic mass is 79.9. The number of ether oxygens (including phenoxy) is 2. The Labute approximate surface area is 152 Å². The number of likely N-dealkylation sites (N-methyl/N-ethyl adjacent to an activating group) is 2. The van der Waals surface area contributed by atoms with Crippen LogP contribution in [0, 0.1) is 0 Å². The molecule has 0 bridgehead atoms. The SMILES string of the molecule is CN1CC[C@]2(C)c3cc(OC(=O)OC(C)(C)C)cc(Br)c3N(C)[C@H]12. The number of fused-ring (bicyclic) bond motifs is 3. The minimum absolute atomic E-state index is 0.0225. The molecule has 1 saturated heterocycles. The van der Waals surface area contributed by atoms with Crippen molar-refractivity contribution >= 4 is 27.8 Å². The molecule has 2 atom stereocenters. The van der Waals surface area contributed by atoms with Crippen LogP contribution in [0.4, 0.5) is 10.5 Å². The minimum Gasteiger partial charge on any atom is -0.428 e. The van der Waals surface area contributed by atoms with E-state index in [0.717, 1.165) is 17.4 Å². The van der Waals surface area contributed by atoms with Gasteiger partial charge in [-0.15, -0.1) is 0 Å². The van der Waals surface area contributed by atoms with Crippen LogP contribution in [0.25, 0.3) is 0 Å². The van der Waals surface area contributed by atoms with Crippen LogP contribution in [0.1, 0.15) is 39.7 Å². The van der Waals surface area contributed by atoms with E-state index in [2.05, 4.69) is 46.7 Å².